The third-order valence-corrected chi connectivity index (χ3v) is 3.67. The first-order chi connectivity index (χ1) is 9.81. The molecule has 0 bridgehead atoms. The Hall–Kier alpha value is -0.580. The Bertz CT molecular complexity index is 595. The highest BCUT2D eigenvalue weighted by molar-refractivity contribution is 14.0. The van der Waals surface area contributed by atoms with Crippen LogP contribution in [0.15, 0.2) is 29.3 Å². The number of benzene rings is 1. The molecular weight excluding hydrogens is 439 g/mol. The standard InChI is InChI=1S/C13H21ClN4O2S.HI/c1-10(11-5-4-6-12(14)9-11)18-13(15-2)16-7-8-17-21(3,19)20;/h4-6,9-10,17H,7-8H2,1-3H3,(H2,15,16,18);1H. The number of guanidine groups is 1. The second-order valence-electron chi connectivity index (χ2n) is 4.59. The quantitative estimate of drug-likeness (QED) is 0.261. The molecular formula is C13H22ClIN4O2S. The van der Waals surface area contributed by atoms with Gasteiger partial charge in [0.15, 0.2) is 5.96 Å². The van der Waals surface area contributed by atoms with Gasteiger partial charge in [-0.1, -0.05) is 23.7 Å². The lowest BCUT2D eigenvalue weighted by molar-refractivity contribution is 0.586. The highest BCUT2D eigenvalue weighted by Gasteiger charge is 2.08. The van der Waals surface area contributed by atoms with Crippen LogP contribution in [0.3, 0.4) is 0 Å². The first-order valence-corrected chi connectivity index (χ1v) is 8.76. The smallest absolute Gasteiger partial charge is 0.208 e. The fourth-order valence-corrected chi connectivity index (χ4v) is 2.35. The summed E-state index contributed by atoms with van der Waals surface area (Å²) in [5.74, 6) is 0.595. The lowest BCUT2D eigenvalue weighted by Crippen LogP contribution is -2.42. The van der Waals surface area contributed by atoms with Crippen molar-refractivity contribution in [1.82, 2.24) is 15.4 Å². The number of rotatable bonds is 6. The highest BCUT2D eigenvalue weighted by Crippen LogP contribution is 2.16. The molecule has 126 valence electrons. The van der Waals surface area contributed by atoms with E-state index in [1.54, 1.807) is 7.05 Å². The van der Waals surface area contributed by atoms with Crippen LogP contribution in [0.5, 0.6) is 0 Å². The fraction of sp³-hybridized carbons (Fsp3) is 0.462. The molecule has 0 amide bonds. The van der Waals surface area contributed by atoms with Gasteiger partial charge in [0.2, 0.25) is 10.0 Å². The number of nitrogens with one attached hydrogen (secondary N) is 3. The molecule has 9 heteroatoms. The number of aliphatic imine (C=N–C) groups is 1. The zero-order valence-electron chi connectivity index (χ0n) is 12.8. The van der Waals surface area contributed by atoms with Crippen LogP contribution in [-0.2, 0) is 10.0 Å². The van der Waals surface area contributed by atoms with Crippen molar-refractivity contribution in [2.75, 3.05) is 26.4 Å². The normalized spacial score (nSPS) is 13.2. The molecule has 0 aliphatic heterocycles. The Morgan fingerprint density at radius 2 is 2.05 bits per heavy atom. The molecule has 0 spiro atoms. The van der Waals surface area contributed by atoms with Crippen molar-refractivity contribution in [3.8, 4) is 0 Å². The minimum Gasteiger partial charge on any atom is -0.355 e. The SMILES string of the molecule is CN=C(NCCNS(C)(=O)=O)NC(C)c1cccc(Cl)c1.I. The predicted octanol–water partition coefficient (Wildman–Crippen LogP) is 1.73. The lowest BCUT2D eigenvalue weighted by Gasteiger charge is -2.18. The van der Waals surface area contributed by atoms with Crippen molar-refractivity contribution in [1.29, 1.82) is 0 Å². The minimum atomic E-state index is -3.16. The average Bonchev–Trinajstić information content (AvgIpc) is 2.40. The molecule has 0 radical (unpaired) electrons. The number of hydrogen-bond donors (Lipinski definition) is 3. The Kier molecular flexibility index (Phi) is 9.97. The van der Waals surface area contributed by atoms with Crippen LogP contribution in [0.2, 0.25) is 5.02 Å². The van der Waals surface area contributed by atoms with Gasteiger partial charge < -0.3 is 10.6 Å². The third kappa shape index (κ3) is 8.76. The minimum absolute atomic E-state index is 0. The maximum Gasteiger partial charge on any atom is 0.208 e. The van der Waals surface area contributed by atoms with Crippen molar-refractivity contribution >= 4 is 51.6 Å². The van der Waals surface area contributed by atoms with E-state index in [1.807, 2.05) is 31.2 Å². The molecule has 0 aromatic heterocycles. The van der Waals surface area contributed by atoms with Crippen LogP contribution in [-0.4, -0.2) is 40.8 Å². The second kappa shape index (κ2) is 10.2. The van der Waals surface area contributed by atoms with Gasteiger partial charge in [-0.2, -0.15) is 0 Å². The van der Waals surface area contributed by atoms with Crippen LogP contribution in [0.4, 0.5) is 0 Å². The zero-order chi connectivity index (χ0) is 15.9. The summed E-state index contributed by atoms with van der Waals surface area (Å²) in [6.07, 6.45) is 1.13. The summed E-state index contributed by atoms with van der Waals surface area (Å²) in [5, 5.41) is 6.93. The Morgan fingerprint density at radius 1 is 1.36 bits per heavy atom. The number of sulfonamides is 1. The molecule has 0 aliphatic carbocycles. The first-order valence-electron chi connectivity index (χ1n) is 6.49. The molecule has 1 atom stereocenters. The number of hydrogen-bond acceptors (Lipinski definition) is 3. The van der Waals surface area contributed by atoms with Gasteiger partial charge in [0, 0.05) is 25.2 Å². The summed E-state index contributed by atoms with van der Waals surface area (Å²) in [6, 6.07) is 7.60. The van der Waals surface area contributed by atoms with Crippen molar-refractivity contribution in [2.24, 2.45) is 4.99 Å². The Labute approximate surface area is 154 Å². The monoisotopic (exact) mass is 460 g/mol. The molecule has 0 saturated carbocycles. The van der Waals surface area contributed by atoms with Gasteiger partial charge in [-0.3, -0.25) is 4.99 Å². The van der Waals surface area contributed by atoms with Gasteiger partial charge >= 0.3 is 0 Å². The molecule has 6 nitrogen and oxygen atoms in total. The zero-order valence-corrected chi connectivity index (χ0v) is 16.7. The predicted molar refractivity (Wildman–Crippen MR) is 103 cm³/mol. The van der Waals surface area contributed by atoms with E-state index in [4.69, 9.17) is 11.6 Å². The summed E-state index contributed by atoms with van der Waals surface area (Å²) in [4.78, 5) is 4.09. The number of halogens is 2. The summed E-state index contributed by atoms with van der Waals surface area (Å²) in [5.41, 5.74) is 1.04. The average molecular weight is 461 g/mol. The van der Waals surface area contributed by atoms with Gasteiger partial charge in [0.25, 0.3) is 0 Å². The van der Waals surface area contributed by atoms with E-state index in [9.17, 15) is 8.42 Å². The van der Waals surface area contributed by atoms with Crippen molar-refractivity contribution in [3.05, 3.63) is 34.9 Å². The van der Waals surface area contributed by atoms with Crippen molar-refractivity contribution in [3.63, 3.8) is 0 Å². The largest absolute Gasteiger partial charge is 0.355 e. The van der Waals surface area contributed by atoms with Gasteiger partial charge in [0.1, 0.15) is 0 Å². The van der Waals surface area contributed by atoms with E-state index >= 15 is 0 Å². The Balaban J connectivity index is 0.00000441. The van der Waals surface area contributed by atoms with Crippen LogP contribution >= 0.6 is 35.6 Å². The van der Waals surface area contributed by atoms with E-state index in [1.165, 1.54) is 0 Å². The van der Waals surface area contributed by atoms with E-state index in [0.29, 0.717) is 24.1 Å². The second-order valence-corrected chi connectivity index (χ2v) is 6.86. The van der Waals surface area contributed by atoms with E-state index < -0.39 is 10.0 Å². The third-order valence-electron chi connectivity index (χ3n) is 2.71. The van der Waals surface area contributed by atoms with Crippen LogP contribution in [0.25, 0.3) is 0 Å². The van der Waals surface area contributed by atoms with Gasteiger partial charge in [0.05, 0.1) is 12.3 Å². The topological polar surface area (TPSA) is 82.6 Å². The molecule has 3 N–H and O–H groups in total. The van der Waals surface area contributed by atoms with Crippen LogP contribution < -0.4 is 15.4 Å². The molecule has 1 aromatic rings. The molecule has 22 heavy (non-hydrogen) atoms. The molecule has 1 rings (SSSR count). The summed E-state index contributed by atoms with van der Waals surface area (Å²) in [6.45, 7) is 2.73. The molecule has 0 heterocycles. The lowest BCUT2D eigenvalue weighted by atomic mass is 10.1. The first kappa shape index (κ1) is 21.4. The van der Waals surface area contributed by atoms with E-state index in [2.05, 4.69) is 20.3 Å². The summed E-state index contributed by atoms with van der Waals surface area (Å²) in [7, 11) is -1.51. The Morgan fingerprint density at radius 3 is 2.59 bits per heavy atom. The molecule has 1 aromatic carbocycles. The van der Waals surface area contributed by atoms with Gasteiger partial charge in [-0.05, 0) is 24.6 Å². The molecule has 1 unspecified atom stereocenters. The molecule has 0 aliphatic rings. The van der Waals surface area contributed by atoms with Crippen LogP contribution in [0, 0.1) is 0 Å². The summed E-state index contributed by atoms with van der Waals surface area (Å²) < 4.78 is 24.3. The summed E-state index contributed by atoms with van der Waals surface area (Å²) >= 11 is 5.97. The molecule has 0 saturated heterocycles. The van der Waals surface area contributed by atoms with Gasteiger partial charge in [-0.15, -0.1) is 24.0 Å². The van der Waals surface area contributed by atoms with Crippen molar-refractivity contribution in [2.45, 2.75) is 13.0 Å². The highest BCUT2D eigenvalue weighted by atomic mass is 127. The van der Waals surface area contributed by atoms with E-state index in [0.717, 1.165) is 11.8 Å². The van der Waals surface area contributed by atoms with E-state index in [-0.39, 0.29) is 30.0 Å². The maximum absolute atomic E-state index is 10.9. The number of nitrogens with zero attached hydrogens (tertiary/aromatic N) is 1. The van der Waals surface area contributed by atoms with Crippen LogP contribution in [0.1, 0.15) is 18.5 Å². The fourth-order valence-electron chi connectivity index (χ4n) is 1.68. The molecule has 0 fully saturated rings. The van der Waals surface area contributed by atoms with Crippen molar-refractivity contribution < 1.29 is 8.42 Å². The maximum atomic E-state index is 10.9. The van der Waals surface area contributed by atoms with Gasteiger partial charge in [-0.25, -0.2) is 13.1 Å².